The average Bonchev–Trinajstić information content (AvgIpc) is 2.60. The van der Waals surface area contributed by atoms with Crippen LogP contribution in [0, 0.1) is 13.8 Å². The first-order valence-corrected chi connectivity index (χ1v) is 4.93. The summed E-state index contributed by atoms with van der Waals surface area (Å²) in [4.78, 5) is 4.25. The van der Waals surface area contributed by atoms with Gasteiger partial charge in [0.2, 0.25) is 0 Å². The lowest BCUT2D eigenvalue weighted by atomic mass is 10.2. The van der Waals surface area contributed by atoms with E-state index >= 15 is 0 Å². The molecule has 3 heteroatoms. The van der Waals surface area contributed by atoms with Gasteiger partial charge < -0.3 is 9.67 Å². The second-order valence-corrected chi connectivity index (χ2v) is 3.57. The third kappa shape index (κ3) is 1.66. The predicted octanol–water partition coefficient (Wildman–Crippen LogP) is 1.98. The first kappa shape index (κ1) is 9.93. The highest BCUT2D eigenvalue weighted by atomic mass is 16.3. The fourth-order valence-electron chi connectivity index (χ4n) is 1.62. The molecule has 0 saturated carbocycles. The van der Waals surface area contributed by atoms with Crippen LogP contribution in [0.4, 0.5) is 0 Å². The van der Waals surface area contributed by atoms with Gasteiger partial charge in [-0.25, -0.2) is 4.98 Å². The molecule has 0 spiro atoms. The molecule has 0 aliphatic carbocycles. The van der Waals surface area contributed by atoms with E-state index in [1.165, 1.54) is 0 Å². The molecule has 3 nitrogen and oxygen atoms in total. The molecule has 2 rings (SSSR count). The number of nitrogens with zero attached hydrogens (tertiary/aromatic N) is 2. The smallest absolute Gasteiger partial charge is 0.0997 e. The van der Waals surface area contributed by atoms with Crippen molar-refractivity contribution >= 4 is 0 Å². The number of aliphatic hydroxyl groups excluding tert-OH is 1. The molecule has 15 heavy (non-hydrogen) atoms. The first-order valence-electron chi connectivity index (χ1n) is 4.93. The predicted molar refractivity (Wildman–Crippen MR) is 59.0 cm³/mol. The average molecular weight is 202 g/mol. The van der Waals surface area contributed by atoms with E-state index < -0.39 is 0 Å². The maximum atomic E-state index is 9.24. The van der Waals surface area contributed by atoms with Crippen LogP contribution in [-0.2, 0) is 6.61 Å². The number of para-hydroxylation sites is 1. The number of hydrogen-bond donors (Lipinski definition) is 1. The van der Waals surface area contributed by atoms with Crippen molar-refractivity contribution in [1.82, 2.24) is 9.55 Å². The highest BCUT2D eigenvalue weighted by molar-refractivity contribution is 5.42. The Morgan fingerprint density at radius 2 is 2.00 bits per heavy atom. The maximum absolute atomic E-state index is 9.24. The van der Waals surface area contributed by atoms with E-state index in [9.17, 15) is 5.11 Å². The zero-order chi connectivity index (χ0) is 10.8. The number of imidazole rings is 1. The summed E-state index contributed by atoms with van der Waals surface area (Å²) in [5.41, 5.74) is 4.04. The summed E-state index contributed by atoms with van der Waals surface area (Å²) < 4.78 is 2.00. The van der Waals surface area contributed by atoms with Gasteiger partial charge in [-0.2, -0.15) is 0 Å². The van der Waals surface area contributed by atoms with E-state index in [4.69, 9.17) is 0 Å². The molecule has 0 aliphatic rings. The molecule has 1 heterocycles. The lowest BCUT2D eigenvalue weighted by molar-refractivity contribution is 0.281. The van der Waals surface area contributed by atoms with Crippen LogP contribution in [0.5, 0.6) is 0 Å². The minimum absolute atomic E-state index is 0.0485. The summed E-state index contributed by atoms with van der Waals surface area (Å²) in [5, 5.41) is 9.24. The summed E-state index contributed by atoms with van der Waals surface area (Å²) >= 11 is 0. The molecule has 1 N–H and O–H groups in total. The van der Waals surface area contributed by atoms with Crippen LogP contribution in [0.2, 0.25) is 0 Å². The lowest BCUT2D eigenvalue weighted by Crippen LogP contribution is -2.00. The molecule has 2 aromatic rings. The van der Waals surface area contributed by atoms with E-state index in [2.05, 4.69) is 4.98 Å². The van der Waals surface area contributed by atoms with Crippen molar-refractivity contribution in [2.24, 2.45) is 0 Å². The standard InChI is InChI=1S/C12H14N2O/c1-9-10(2)14(8-13-9)12-6-4-3-5-11(12)7-15/h3-6,8,15H,7H2,1-2H3. The normalized spacial score (nSPS) is 10.6. The Morgan fingerprint density at radius 3 is 2.60 bits per heavy atom. The molecule has 78 valence electrons. The number of hydrogen-bond acceptors (Lipinski definition) is 2. The Morgan fingerprint density at radius 1 is 1.27 bits per heavy atom. The number of aromatic nitrogens is 2. The van der Waals surface area contributed by atoms with Crippen LogP contribution >= 0.6 is 0 Å². The summed E-state index contributed by atoms with van der Waals surface area (Å²) in [7, 11) is 0. The molecular weight excluding hydrogens is 188 g/mol. The first-order chi connectivity index (χ1) is 7.24. The highest BCUT2D eigenvalue weighted by Gasteiger charge is 2.07. The largest absolute Gasteiger partial charge is 0.392 e. The Balaban J connectivity index is 2.58. The van der Waals surface area contributed by atoms with Crippen LogP contribution in [0.15, 0.2) is 30.6 Å². The number of rotatable bonds is 2. The zero-order valence-electron chi connectivity index (χ0n) is 8.94. The zero-order valence-corrected chi connectivity index (χ0v) is 8.94. The molecular formula is C12H14N2O. The minimum atomic E-state index is 0.0485. The summed E-state index contributed by atoms with van der Waals surface area (Å²) in [6.07, 6.45) is 1.79. The third-order valence-corrected chi connectivity index (χ3v) is 2.67. The molecule has 0 bridgehead atoms. The molecule has 1 aromatic heterocycles. The SMILES string of the molecule is Cc1ncn(-c2ccccc2CO)c1C. The van der Waals surface area contributed by atoms with Crippen LogP contribution in [0.25, 0.3) is 5.69 Å². The van der Waals surface area contributed by atoms with Crippen LogP contribution in [0.1, 0.15) is 17.0 Å². The molecule has 0 saturated heterocycles. The van der Waals surface area contributed by atoms with Gasteiger partial charge in [-0.1, -0.05) is 18.2 Å². The molecule has 0 atom stereocenters. The van der Waals surface area contributed by atoms with Gasteiger partial charge in [0.15, 0.2) is 0 Å². The third-order valence-electron chi connectivity index (χ3n) is 2.67. The van der Waals surface area contributed by atoms with E-state index in [0.29, 0.717) is 0 Å². The fraction of sp³-hybridized carbons (Fsp3) is 0.250. The van der Waals surface area contributed by atoms with Crippen molar-refractivity contribution < 1.29 is 5.11 Å². The van der Waals surface area contributed by atoms with Crippen molar-refractivity contribution in [3.63, 3.8) is 0 Å². The van der Waals surface area contributed by atoms with Crippen LogP contribution < -0.4 is 0 Å². The molecule has 1 aromatic carbocycles. The number of aryl methyl sites for hydroxylation is 1. The Hall–Kier alpha value is -1.61. The summed E-state index contributed by atoms with van der Waals surface area (Å²) in [6.45, 7) is 4.05. The summed E-state index contributed by atoms with van der Waals surface area (Å²) in [5.74, 6) is 0. The van der Waals surface area contributed by atoms with Gasteiger partial charge in [-0.3, -0.25) is 0 Å². The van der Waals surface area contributed by atoms with E-state index in [-0.39, 0.29) is 6.61 Å². The highest BCUT2D eigenvalue weighted by Crippen LogP contribution is 2.17. The topological polar surface area (TPSA) is 38.0 Å². The van der Waals surface area contributed by atoms with Gasteiger partial charge in [0.05, 0.1) is 24.3 Å². The van der Waals surface area contributed by atoms with Crippen LogP contribution in [0.3, 0.4) is 0 Å². The van der Waals surface area contributed by atoms with E-state index in [1.807, 2.05) is 42.7 Å². The second kappa shape index (κ2) is 3.87. The van der Waals surface area contributed by atoms with Crippen molar-refractivity contribution in [2.45, 2.75) is 20.5 Å². The molecule has 0 radical (unpaired) electrons. The van der Waals surface area contributed by atoms with Gasteiger partial charge in [-0.15, -0.1) is 0 Å². The van der Waals surface area contributed by atoms with Gasteiger partial charge >= 0.3 is 0 Å². The van der Waals surface area contributed by atoms with Crippen molar-refractivity contribution in [1.29, 1.82) is 0 Å². The minimum Gasteiger partial charge on any atom is -0.392 e. The molecule has 0 unspecified atom stereocenters. The maximum Gasteiger partial charge on any atom is 0.0997 e. The van der Waals surface area contributed by atoms with Crippen molar-refractivity contribution in [3.05, 3.63) is 47.5 Å². The van der Waals surface area contributed by atoms with Gasteiger partial charge in [0.1, 0.15) is 0 Å². The Bertz CT molecular complexity index is 474. The van der Waals surface area contributed by atoms with Gasteiger partial charge in [-0.05, 0) is 19.9 Å². The molecule has 0 amide bonds. The number of aliphatic hydroxyl groups is 1. The fourth-order valence-corrected chi connectivity index (χ4v) is 1.62. The quantitative estimate of drug-likeness (QED) is 0.808. The van der Waals surface area contributed by atoms with E-state index in [1.54, 1.807) is 6.33 Å². The Labute approximate surface area is 89.0 Å². The molecule has 0 aliphatic heterocycles. The lowest BCUT2D eigenvalue weighted by Gasteiger charge is -2.09. The monoisotopic (exact) mass is 202 g/mol. The van der Waals surface area contributed by atoms with Crippen molar-refractivity contribution in [3.8, 4) is 5.69 Å². The Kier molecular flexibility index (Phi) is 2.56. The summed E-state index contributed by atoms with van der Waals surface area (Å²) in [6, 6.07) is 7.79. The number of benzene rings is 1. The van der Waals surface area contributed by atoms with E-state index in [0.717, 1.165) is 22.6 Å². The van der Waals surface area contributed by atoms with Gasteiger partial charge in [0.25, 0.3) is 0 Å². The van der Waals surface area contributed by atoms with Crippen LogP contribution in [-0.4, -0.2) is 14.7 Å². The van der Waals surface area contributed by atoms with Crippen molar-refractivity contribution in [2.75, 3.05) is 0 Å². The van der Waals surface area contributed by atoms with Gasteiger partial charge in [0, 0.05) is 11.3 Å². The second-order valence-electron chi connectivity index (χ2n) is 3.57. The molecule has 0 fully saturated rings.